The third kappa shape index (κ3) is 3.34. The fourth-order valence-electron chi connectivity index (χ4n) is 3.57. The van der Waals surface area contributed by atoms with Gasteiger partial charge in [-0.2, -0.15) is 0 Å². The van der Waals surface area contributed by atoms with Crippen molar-refractivity contribution in [3.8, 4) is 0 Å². The molecule has 3 N–H and O–H groups in total. The monoisotopic (exact) mass is 371 g/mol. The van der Waals surface area contributed by atoms with Crippen LogP contribution in [0.2, 0.25) is 0 Å². The van der Waals surface area contributed by atoms with Crippen molar-refractivity contribution in [3.05, 3.63) is 89.1 Å². The van der Waals surface area contributed by atoms with Crippen molar-refractivity contribution in [3.63, 3.8) is 0 Å². The third-order valence-corrected chi connectivity index (χ3v) is 4.96. The summed E-state index contributed by atoms with van der Waals surface area (Å²) in [4.78, 5) is 25.3. The quantitative estimate of drug-likeness (QED) is 0.638. The molecule has 1 heterocycles. The number of hydrogen-bond acceptors (Lipinski definition) is 2. The zero-order chi connectivity index (χ0) is 19.7. The Labute approximate surface area is 163 Å². The van der Waals surface area contributed by atoms with Gasteiger partial charge in [0.2, 0.25) is 0 Å². The molecule has 5 nitrogen and oxygen atoms in total. The van der Waals surface area contributed by atoms with Crippen LogP contribution in [0, 0.1) is 6.92 Å². The molecule has 0 aromatic heterocycles. The van der Waals surface area contributed by atoms with E-state index in [0.29, 0.717) is 17.0 Å². The Morgan fingerprint density at radius 1 is 0.929 bits per heavy atom. The van der Waals surface area contributed by atoms with Gasteiger partial charge >= 0.3 is 6.03 Å². The predicted molar refractivity (Wildman–Crippen MR) is 111 cm³/mol. The molecule has 0 unspecified atom stereocenters. The van der Waals surface area contributed by atoms with Crippen molar-refractivity contribution in [2.75, 3.05) is 5.32 Å². The number of carbonyl (C=O) groups is 2. The Morgan fingerprint density at radius 3 is 2.43 bits per heavy atom. The normalized spacial score (nSPS) is 16.5. The van der Waals surface area contributed by atoms with Gasteiger partial charge in [-0.25, -0.2) is 4.79 Å². The van der Waals surface area contributed by atoms with E-state index in [0.717, 1.165) is 21.9 Å². The van der Waals surface area contributed by atoms with Gasteiger partial charge in [0.05, 0.1) is 11.6 Å². The van der Waals surface area contributed by atoms with E-state index < -0.39 is 6.04 Å². The molecule has 28 heavy (non-hydrogen) atoms. The molecule has 0 saturated carbocycles. The summed E-state index contributed by atoms with van der Waals surface area (Å²) in [6, 6.07) is 20.6. The molecule has 3 aromatic carbocycles. The average molecular weight is 371 g/mol. The first-order valence-electron chi connectivity index (χ1n) is 9.17. The summed E-state index contributed by atoms with van der Waals surface area (Å²) < 4.78 is 0. The lowest BCUT2D eigenvalue weighted by atomic mass is 9.91. The minimum Gasteiger partial charge on any atom is -0.327 e. The molecule has 0 saturated heterocycles. The molecule has 0 spiro atoms. The highest BCUT2D eigenvalue weighted by Crippen LogP contribution is 2.32. The Kier molecular flexibility index (Phi) is 4.57. The lowest BCUT2D eigenvalue weighted by Gasteiger charge is -2.29. The minimum absolute atomic E-state index is 0.244. The number of fused-ring (bicyclic) bond motifs is 1. The van der Waals surface area contributed by atoms with Gasteiger partial charge in [0.1, 0.15) is 0 Å². The summed E-state index contributed by atoms with van der Waals surface area (Å²) in [6.07, 6.45) is 0. The molecule has 140 valence electrons. The summed E-state index contributed by atoms with van der Waals surface area (Å²) in [6.45, 7) is 3.75. The number of amides is 3. The van der Waals surface area contributed by atoms with Crippen molar-refractivity contribution in [2.45, 2.75) is 19.9 Å². The van der Waals surface area contributed by atoms with Crippen LogP contribution in [0.1, 0.15) is 24.1 Å². The second-order valence-electron chi connectivity index (χ2n) is 6.96. The van der Waals surface area contributed by atoms with Gasteiger partial charge in [0, 0.05) is 11.4 Å². The number of aryl methyl sites for hydroxylation is 1. The van der Waals surface area contributed by atoms with E-state index in [2.05, 4.69) is 16.0 Å². The molecule has 1 aliphatic heterocycles. The van der Waals surface area contributed by atoms with Crippen molar-refractivity contribution in [1.82, 2.24) is 10.6 Å². The minimum atomic E-state index is -0.537. The zero-order valence-corrected chi connectivity index (χ0v) is 15.7. The molecule has 5 heteroatoms. The van der Waals surface area contributed by atoms with Crippen LogP contribution in [-0.4, -0.2) is 11.9 Å². The van der Waals surface area contributed by atoms with Crippen LogP contribution in [-0.2, 0) is 4.79 Å². The maximum absolute atomic E-state index is 13.1. The second-order valence-corrected chi connectivity index (χ2v) is 6.96. The topological polar surface area (TPSA) is 70.2 Å². The van der Waals surface area contributed by atoms with E-state index in [-0.39, 0.29) is 11.9 Å². The second kappa shape index (κ2) is 7.19. The summed E-state index contributed by atoms with van der Waals surface area (Å²) in [5, 5.41) is 10.6. The van der Waals surface area contributed by atoms with Gasteiger partial charge in [-0.15, -0.1) is 0 Å². The highest BCUT2D eigenvalue weighted by Gasteiger charge is 2.32. The molecule has 1 aliphatic rings. The molecule has 1 atom stereocenters. The lowest BCUT2D eigenvalue weighted by molar-refractivity contribution is -0.113. The number of allylic oxidation sites excluding steroid dienone is 1. The average Bonchev–Trinajstić information content (AvgIpc) is 2.68. The number of benzene rings is 3. The molecule has 0 radical (unpaired) electrons. The van der Waals surface area contributed by atoms with Gasteiger partial charge in [-0.3, -0.25) is 4.79 Å². The van der Waals surface area contributed by atoms with Crippen molar-refractivity contribution < 1.29 is 9.59 Å². The maximum Gasteiger partial charge on any atom is 0.319 e. The van der Waals surface area contributed by atoms with E-state index in [4.69, 9.17) is 0 Å². The lowest BCUT2D eigenvalue weighted by Crippen LogP contribution is -2.46. The summed E-state index contributed by atoms with van der Waals surface area (Å²) in [5.41, 5.74) is 3.77. The summed E-state index contributed by atoms with van der Waals surface area (Å²) >= 11 is 0. The summed E-state index contributed by atoms with van der Waals surface area (Å²) in [7, 11) is 0. The van der Waals surface area contributed by atoms with Gasteiger partial charge in [0.15, 0.2) is 0 Å². The molecule has 3 amide bonds. The van der Waals surface area contributed by atoms with Crippen molar-refractivity contribution in [2.24, 2.45) is 0 Å². The van der Waals surface area contributed by atoms with Crippen LogP contribution < -0.4 is 16.0 Å². The molecule has 0 fully saturated rings. The molecular formula is C23H21N3O2. The SMILES string of the molecule is CC1=C(C(=O)Nc2ccc(C)cc2)[C@@H](c2cccc3ccccc23)NC(=O)N1. The number of urea groups is 1. The van der Waals surface area contributed by atoms with Gasteiger partial charge in [-0.05, 0) is 42.3 Å². The van der Waals surface area contributed by atoms with Crippen LogP contribution in [0.15, 0.2) is 78.0 Å². The van der Waals surface area contributed by atoms with E-state index in [9.17, 15) is 9.59 Å². The highest BCUT2D eigenvalue weighted by molar-refractivity contribution is 6.07. The predicted octanol–water partition coefficient (Wildman–Crippen LogP) is 4.41. The van der Waals surface area contributed by atoms with Crippen LogP contribution in [0.3, 0.4) is 0 Å². The van der Waals surface area contributed by atoms with Crippen LogP contribution in [0.4, 0.5) is 10.5 Å². The number of anilines is 1. The van der Waals surface area contributed by atoms with E-state index >= 15 is 0 Å². The van der Waals surface area contributed by atoms with Gasteiger partial charge < -0.3 is 16.0 Å². The molecule has 0 bridgehead atoms. The standard InChI is InChI=1S/C23H21N3O2/c1-14-10-12-17(13-11-14)25-22(27)20-15(2)24-23(28)26-21(20)19-9-5-7-16-6-3-4-8-18(16)19/h3-13,21H,1-2H3,(H,25,27)(H2,24,26,28)/t21-/m1/s1. The highest BCUT2D eigenvalue weighted by atomic mass is 16.2. The van der Waals surface area contributed by atoms with Crippen molar-refractivity contribution in [1.29, 1.82) is 0 Å². The number of nitrogens with one attached hydrogen (secondary N) is 3. The van der Waals surface area contributed by atoms with Crippen molar-refractivity contribution >= 4 is 28.4 Å². The van der Waals surface area contributed by atoms with Crippen LogP contribution in [0.25, 0.3) is 10.8 Å². The Bertz CT molecular complexity index is 1100. The first-order valence-corrected chi connectivity index (χ1v) is 9.17. The molecule has 3 aromatic rings. The van der Waals surface area contributed by atoms with E-state index in [1.54, 1.807) is 6.92 Å². The maximum atomic E-state index is 13.1. The zero-order valence-electron chi connectivity index (χ0n) is 15.7. The fraction of sp³-hybridized carbons (Fsp3) is 0.130. The first-order chi connectivity index (χ1) is 13.5. The van der Waals surface area contributed by atoms with Crippen LogP contribution >= 0.6 is 0 Å². The third-order valence-electron chi connectivity index (χ3n) is 4.96. The molecule has 0 aliphatic carbocycles. The first kappa shape index (κ1) is 17.8. The van der Waals surface area contributed by atoms with Gasteiger partial charge in [-0.1, -0.05) is 60.2 Å². The Balaban J connectivity index is 1.76. The fourth-order valence-corrected chi connectivity index (χ4v) is 3.57. The number of rotatable bonds is 3. The van der Waals surface area contributed by atoms with E-state index in [1.807, 2.05) is 73.7 Å². The largest absolute Gasteiger partial charge is 0.327 e. The molecular weight excluding hydrogens is 350 g/mol. The summed E-state index contributed by atoms with van der Waals surface area (Å²) in [5.74, 6) is -0.244. The Morgan fingerprint density at radius 2 is 1.64 bits per heavy atom. The molecule has 4 rings (SSSR count). The van der Waals surface area contributed by atoms with E-state index in [1.165, 1.54) is 0 Å². The number of hydrogen-bond donors (Lipinski definition) is 3. The number of carbonyl (C=O) groups excluding carboxylic acids is 2. The van der Waals surface area contributed by atoms with Crippen LogP contribution in [0.5, 0.6) is 0 Å². The smallest absolute Gasteiger partial charge is 0.319 e. The van der Waals surface area contributed by atoms with Gasteiger partial charge in [0.25, 0.3) is 5.91 Å². The Hall–Kier alpha value is -3.60.